The third-order valence-electron chi connectivity index (χ3n) is 3.63. The van der Waals surface area contributed by atoms with Crippen molar-refractivity contribution in [1.82, 2.24) is 9.71 Å². The van der Waals surface area contributed by atoms with Crippen LogP contribution in [-0.2, 0) is 22.2 Å². The maximum absolute atomic E-state index is 13.8. The van der Waals surface area contributed by atoms with Gasteiger partial charge in [0.2, 0.25) is 10.0 Å². The lowest BCUT2D eigenvalue weighted by Crippen LogP contribution is -2.27. The van der Waals surface area contributed by atoms with Crippen LogP contribution >= 0.6 is 11.3 Å². The molecule has 3 aromatic rings. The van der Waals surface area contributed by atoms with Gasteiger partial charge in [-0.2, -0.15) is 0 Å². The molecule has 1 N–H and O–H groups in total. The highest BCUT2D eigenvalue weighted by Gasteiger charge is 2.15. The van der Waals surface area contributed by atoms with Crippen molar-refractivity contribution in [2.24, 2.45) is 0 Å². The third-order valence-corrected chi connectivity index (χ3v) is 5.90. The van der Waals surface area contributed by atoms with E-state index in [4.69, 9.17) is 0 Å². The van der Waals surface area contributed by atoms with Crippen molar-refractivity contribution in [3.8, 4) is 10.6 Å². The largest absolute Gasteiger partial charge is 0.241 e. The average molecular weight is 394 g/mol. The molecule has 2 aromatic carbocycles. The number of nitrogens with one attached hydrogen (secondary N) is 1. The molecular weight excluding hydrogens is 378 g/mol. The summed E-state index contributed by atoms with van der Waals surface area (Å²) in [6.45, 7) is 0.165. The first kappa shape index (κ1) is 18.6. The minimum atomic E-state index is -3.46. The summed E-state index contributed by atoms with van der Waals surface area (Å²) in [5.41, 5.74) is 1.12. The Bertz CT molecular complexity index is 969. The van der Waals surface area contributed by atoms with E-state index in [1.807, 2.05) is 6.07 Å². The molecule has 0 saturated carbocycles. The first-order chi connectivity index (χ1) is 12.4. The van der Waals surface area contributed by atoms with Crippen LogP contribution < -0.4 is 4.72 Å². The number of nitrogens with zero attached hydrogens (tertiary/aromatic N) is 1. The van der Waals surface area contributed by atoms with Crippen LogP contribution in [0.15, 0.2) is 53.9 Å². The van der Waals surface area contributed by atoms with Gasteiger partial charge in [0, 0.05) is 18.3 Å². The van der Waals surface area contributed by atoms with Crippen LogP contribution in [0.2, 0.25) is 0 Å². The highest BCUT2D eigenvalue weighted by Crippen LogP contribution is 2.28. The van der Waals surface area contributed by atoms with E-state index < -0.39 is 21.7 Å². The van der Waals surface area contributed by atoms with Gasteiger partial charge in [-0.15, -0.1) is 11.3 Å². The monoisotopic (exact) mass is 394 g/mol. The molecule has 4 nitrogen and oxygen atoms in total. The maximum Gasteiger partial charge on any atom is 0.215 e. The van der Waals surface area contributed by atoms with Crippen molar-refractivity contribution in [3.05, 3.63) is 76.8 Å². The van der Waals surface area contributed by atoms with Gasteiger partial charge in [-0.25, -0.2) is 26.9 Å². The Morgan fingerprint density at radius 1 is 1.00 bits per heavy atom. The van der Waals surface area contributed by atoms with Gasteiger partial charge in [-0.05, 0) is 17.7 Å². The molecule has 0 amide bonds. The van der Waals surface area contributed by atoms with E-state index >= 15 is 0 Å². The highest BCUT2D eigenvalue weighted by atomic mass is 32.2. The van der Waals surface area contributed by atoms with Crippen LogP contribution in [-0.4, -0.2) is 19.9 Å². The topological polar surface area (TPSA) is 59.1 Å². The Kier molecular flexibility index (Phi) is 5.75. The molecule has 1 aromatic heterocycles. The normalized spacial score (nSPS) is 11.6. The standard InChI is InChI=1S/C18H16F2N2O2S2/c19-15-7-4-8-16(20)17(15)18-22-14(11-25-18)9-10-21-26(23,24)12-13-5-2-1-3-6-13/h1-8,11,21H,9-10,12H2. The first-order valence-electron chi connectivity index (χ1n) is 7.85. The second-order valence-electron chi connectivity index (χ2n) is 5.63. The van der Waals surface area contributed by atoms with Crippen LogP contribution in [0, 0.1) is 11.6 Å². The Labute approximate surface area is 154 Å². The quantitative estimate of drug-likeness (QED) is 0.664. The van der Waals surface area contributed by atoms with Gasteiger partial charge in [0.05, 0.1) is 17.0 Å². The summed E-state index contributed by atoms with van der Waals surface area (Å²) in [5.74, 6) is -1.44. The molecule has 0 radical (unpaired) electrons. The summed E-state index contributed by atoms with van der Waals surface area (Å²) >= 11 is 1.12. The molecule has 0 unspecified atom stereocenters. The summed E-state index contributed by atoms with van der Waals surface area (Å²) in [4.78, 5) is 4.21. The molecule has 0 atom stereocenters. The number of halogens is 2. The molecule has 0 fully saturated rings. The molecule has 0 aliphatic rings. The predicted molar refractivity (Wildman–Crippen MR) is 98.2 cm³/mol. The maximum atomic E-state index is 13.8. The molecule has 3 rings (SSSR count). The Balaban J connectivity index is 1.60. The van der Waals surface area contributed by atoms with Crippen LogP contribution in [0.1, 0.15) is 11.3 Å². The zero-order chi connectivity index (χ0) is 18.6. The summed E-state index contributed by atoms with van der Waals surface area (Å²) in [7, 11) is -3.46. The molecule has 8 heteroatoms. The van der Waals surface area contributed by atoms with Crippen molar-refractivity contribution >= 4 is 21.4 Å². The molecule has 26 heavy (non-hydrogen) atoms. The third kappa shape index (κ3) is 4.72. The molecule has 0 spiro atoms. The number of sulfonamides is 1. The van der Waals surface area contributed by atoms with Crippen LogP contribution in [0.3, 0.4) is 0 Å². The second kappa shape index (κ2) is 8.03. The summed E-state index contributed by atoms with van der Waals surface area (Å²) in [6, 6.07) is 12.5. The Morgan fingerprint density at radius 3 is 2.38 bits per heavy atom. The minimum Gasteiger partial charge on any atom is -0.241 e. The van der Waals surface area contributed by atoms with E-state index in [1.165, 1.54) is 18.2 Å². The fourth-order valence-corrected chi connectivity index (χ4v) is 4.47. The molecule has 0 aliphatic carbocycles. The van der Waals surface area contributed by atoms with E-state index in [-0.39, 0.29) is 22.9 Å². The van der Waals surface area contributed by atoms with Crippen molar-refractivity contribution < 1.29 is 17.2 Å². The predicted octanol–water partition coefficient (Wildman–Crippen LogP) is 3.75. The van der Waals surface area contributed by atoms with E-state index in [0.717, 1.165) is 11.3 Å². The molecule has 0 bridgehead atoms. The number of hydrogen-bond donors (Lipinski definition) is 1. The lowest BCUT2D eigenvalue weighted by molar-refractivity contribution is 0.580. The van der Waals surface area contributed by atoms with E-state index in [2.05, 4.69) is 9.71 Å². The SMILES string of the molecule is O=S(=O)(Cc1ccccc1)NCCc1csc(-c2c(F)cccc2F)n1. The molecule has 1 heterocycles. The molecular formula is C18H16F2N2O2S2. The average Bonchev–Trinajstić information content (AvgIpc) is 3.03. The molecule has 0 saturated heterocycles. The zero-order valence-electron chi connectivity index (χ0n) is 13.7. The fraction of sp³-hybridized carbons (Fsp3) is 0.167. The fourth-order valence-electron chi connectivity index (χ4n) is 2.42. The van der Waals surface area contributed by atoms with Gasteiger partial charge in [0.15, 0.2) is 0 Å². The smallest absolute Gasteiger partial charge is 0.215 e. The Morgan fingerprint density at radius 2 is 1.69 bits per heavy atom. The number of benzene rings is 2. The van der Waals surface area contributed by atoms with E-state index in [1.54, 1.807) is 29.6 Å². The molecule has 0 aliphatic heterocycles. The van der Waals surface area contributed by atoms with Crippen LogP contribution in [0.25, 0.3) is 10.6 Å². The minimum absolute atomic E-state index is 0.101. The highest BCUT2D eigenvalue weighted by molar-refractivity contribution is 7.88. The van der Waals surface area contributed by atoms with Gasteiger partial charge in [0.25, 0.3) is 0 Å². The van der Waals surface area contributed by atoms with E-state index in [0.29, 0.717) is 17.7 Å². The zero-order valence-corrected chi connectivity index (χ0v) is 15.3. The van der Waals surface area contributed by atoms with Crippen molar-refractivity contribution in [2.45, 2.75) is 12.2 Å². The lowest BCUT2D eigenvalue weighted by atomic mass is 10.2. The van der Waals surface area contributed by atoms with Crippen molar-refractivity contribution in [2.75, 3.05) is 6.54 Å². The van der Waals surface area contributed by atoms with E-state index in [9.17, 15) is 17.2 Å². The first-order valence-corrected chi connectivity index (χ1v) is 10.4. The van der Waals surface area contributed by atoms with Crippen LogP contribution in [0.4, 0.5) is 8.78 Å². The number of aromatic nitrogens is 1. The van der Waals surface area contributed by atoms with Crippen molar-refractivity contribution in [3.63, 3.8) is 0 Å². The number of thiazole rings is 1. The molecule has 136 valence electrons. The summed E-state index contributed by atoms with van der Waals surface area (Å²) < 4.78 is 54.3. The van der Waals surface area contributed by atoms with Gasteiger partial charge < -0.3 is 0 Å². The number of hydrogen-bond acceptors (Lipinski definition) is 4. The van der Waals surface area contributed by atoms with Crippen LogP contribution in [0.5, 0.6) is 0 Å². The summed E-state index contributed by atoms with van der Waals surface area (Å²) in [6.07, 6.45) is 0.334. The summed E-state index contributed by atoms with van der Waals surface area (Å²) in [5, 5.41) is 1.91. The lowest BCUT2D eigenvalue weighted by Gasteiger charge is -2.06. The number of rotatable bonds is 7. The second-order valence-corrected chi connectivity index (χ2v) is 8.29. The Hall–Kier alpha value is -2.16. The van der Waals surface area contributed by atoms with Gasteiger partial charge in [-0.3, -0.25) is 0 Å². The van der Waals surface area contributed by atoms with Gasteiger partial charge in [0.1, 0.15) is 16.6 Å². The van der Waals surface area contributed by atoms with Crippen molar-refractivity contribution in [1.29, 1.82) is 0 Å². The van der Waals surface area contributed by atoms with Gasteiger partial charge >= 0.3 is 0 Å². The van der Waals surface area contributed by atoms with Gasteiger partial charge in [-0.1, -0.05) is 36.4 Å².